The quantitative estimate of drug-likeness (QED) is 0.929. The Morgan fingerprint density at radius 2 is 2.25 bits per heavy atom. The molecular weight excluding hydrogens is 252 g/mol. The summed E-state index contributed by atoms with van der Waals surface area (Å²) in [5.41, 5.74) is 7.76. The lowest BCUT2D eigenvalue weighted by Crippen LogP contribution is -2.25. The van der Waals surface area contributed by atoms with Gasteiger partial charge >= 0.3 is 0 Å². The van der Waals surface area contributed by atoms with E-state index in [0.717, 1.165) is 36.6 Å². The van der Waals surface area contributed by atoms with Crippen LogP contribution in [-0.2, 0) is 11.2 Å². The number of aryl methyl sites for hydroxylation is 1. The standard InChI is InChI=1S/C16H20N2O2/c17-9-3-5-12-11-18(14-7-2-1-6-13(12)14)16(19)15-8-4-10-20-15/h1-2,6-7,11,15H,3-5,8-10,17H2. The monoisotopic (exact) mass is 272 g/mol. The number of nitrogens with zero attached hydrogens (tertiary/aromatic N) is 1. The molecule has 1 fully saturated rings. The summed E-state index contributed by atoms with van der Waals surface area (Å²) in [7, 11) is 0. The molecule has 2 aromatic rings. The van der Waals surface area contributed by atoms with E-state index < -0.39 is 0 Å². The zero-order chi connectivity index (χ0) is 13.9. The number of ether oxygens (including phenoxy) is 1. The number of hydrogen-bond donors (Lipinski definition) is 1. The highest BCUT2D eigenvalue weighted by Crippen LogP contribution is 2.24. The molecule has 0 saturated carbocycles. The molecule has 3 rings (SSSR count). The van der Waals surface area contributed by atoms with E-state index in [4.69, 9.17) is 10.5 Å². The van der Waals surface area contributed by atoms with Crippen molar-refractivity contribution < 1.29 is 9.53 Å². The highest BCUT2D eigenvalue weighted by Gasteiger charge is 2.26. The van der Waals surface area contributed by atoms with Crippen LogP contribution in [0.15, 0.2) is 30.5 Å². The van der Waals surface area contributed by atoms with Gasteiger partial charge in [0.2, 0.25) is 0 Å². The third-order valence-electron chi connectivity index (χ3n) is 3.89. The summed E-state index contributed by atoms with van der Waals surface area (Å²) in [5.74, 6) is 0.0534. The Balaban J connectivity index is 1.99. The fourth-order valence-corrected chi connectivity index (χ4v) is 2.85. The summed E-state index contributed by atoms with van der Waals surface area (Å²) < 4.78 is 7.28. The molecule has 1 aliphatic rings. The van der Waals surface area contributed by atoms with Crippen LogP contribution >= 0.6 is 0 Å². The molecule has 1 atom stereocenters. The average Bonchev–Trinajstić information content (AvgIpc) is 3.12. The summed E-state index contributed by atoms with van der Waals surface area (Å²) in [4.78, 5) is 12.6. The Bertz CT molecular complexity index is 612. The third-order valence-corrected chi connectivity index (χ3v) is 3.89. The molecule has 0 spiro atoms. The van der Waals surface area contributed by atoms with Gasteiger partial charge in [0.25, 0.3) is 5.91 Å². The second kappa shape index (κ2) is 5.77. The maximum Gasteiger partial charge on any atom is 0.260 e. The smallest absolute Gasteiger partial charge is 0.260 e. The summed E-state index contributed by atoms with van der Waals surface area (Å²) in [6, 6.07) is 8.04. The maximum absolute atomic E-state index is 12.6. The number of hydrogen-bond acceptors (Lipinski definition) is 3. The summed E-state index contributed by atoms with van der Waals surface area (Å²) in [6.07, 6.45) is 5.31. The molecule has 1 aliphatic heterocycles. The van der Waals surface area contributed by atoms with Crippen LogP contribution < -0.4 is 5.73 Å². The molecule has 0 bridgehead atoms. The van der Waals surface area contributed by atoms with Crippen molar-refractivity contribution in [1.29, 1.82) is 0 Å². The summed E-state index contributed by atoms with van der Waals surface area (Å²) >= 11 is 0. The van der Waals surface area contributed by atoms with Gasteiger partial charge in [0.1, 0.15) is 6.10 Å². The van der Waals surface area contributed by atoms with E-state index in [1.807, 2.05) is 24.4 Å². The van der Waals surface area contributed by atoms with Crippen LogP contribution in [0.4, 0.5) is 0 Å². The van der Waals surface area contributed by atoms with Gasteiger partial charge in [-0.05, 0) is 43.9 Å². The van der Waals surface area contributed by atoms with Gasteiger partial charge in [-0.1, -0.05) is 18.2 Å². The van der Waals surface area contributed by atoms with Crippen LogP contribution in [0.1, 0.15) is 29.6 Å². The molecule has 2 heterocycles. The van der Waals surface area contributed by atoms with Crippen LogP contribution in [0.3, 0.4) is 0 Å². The first kappa shape index (κ1) is 13.3. The van der Waals surface area contributed by atoms with Crippen LogP contribution in [0.5, 0.6) is 0 Å². The van der Waals surface area contributed by atoms with Gasteiger partial charge in [-0.2, -0.15) is 0 Å². The van der Waals surface area contributed by atoms with Crippen molar-refractivity contribution in [3.63, 3.8) is 0 Å². The second-order valence-electron chi connectivity index (χ2n) is 5.27. The number of rotatable bonds is 4. The molecule has 1 unspecified atom stereocenters. The summed E-state index contributed by atoms with van der Waals surface area (Å²) in [5, 5.41) is 1.15. The predicted octanol–water partition coefficient (Wildman–Crippen LogP) is 2.35. The number of fused-ring (bicyclic) bond motifs is 1. The number of para-hydroxylation sites is 1. The number of nitrogens with two attached hydrogens (primary N) is 1. The molecule has 0 radical (unpaired) electrons. The minimum atomic E-state index is -0.284. The Morgan fingerprint density at radius 1 is 1.40 bits per heavy atom. The van der Waals surface area contributed by atoms with Crippen LogP contribution in [-0.4, -0.2) is 29.7 Å². The Morgan fingerprint density at radius 3 is 3.00 bits per heavy atom. The molecule has 106 valence electrons. The molecule has 20 heavy (non-hydrogen) atoms. The van der Waals surface area contributed by atoms with Crippen molar-refractivity contribution in [2.75, 3.05) is 13.2 Å². The lowest BCUT2D eigenvalue weighted by Gasteiger charge is -2.09. The lowest BCUT2D eigenvalue weighted by molar-refractivity contribution is 0.0560. The first-order valence-corrected chi connectivity index (χ1v) is 7.26. The van der Waals surface area contributed by atoms with Gasteiger partial charge in [-0.25, -0.2) is 0 Å². The topological polar surface area (TPSA) is 57.2 Å². The van der Waals surface area contributed by atoms with Crippen molar-refractivity contribution in [1.82, 2.24) is 4.57 Å². The number of aromatic nitrogens is 1. The van der Waals surface area contributed by atoms with Crippen molar-refractivity contribution in [3.05, 3.63) is 36.0 Å². The maximum atomic E-state index is 12.6. The van der Waals surface area contributed by atoms with Gasteiger partial charge in [0.15, 0.2) is 0 Å². The van der Waals surface area contributed by atoms with Crippen molar-refractivity contribution in [3.8, 4) is 0 Å². The number of benzene rings is 1. The zero-order valence-electron chi connectivity index (χ0n) is 11.5. The van der Waals surface area contributed by atoms with E-state index in [0.29, 0.717) is 13.2 Å². The van der Waals surface area contributed by atoms with Crippen molar-refractivity contribution >= 4 is 16.8 Å². The first-order valence-electron chi connectivity index (χ1n) is 7.26. The van der Waals surface area contributed by atoms with Gasteiger partial charge in [-0.3, -0.25) is 9.36 Å². The van der Waals surface area contributed by atoms with Gasteiger partial charge in [0, 0.05) is 18.2 Å². The fraction of sp³-hybridized carbons (Fsp3) is 0.438. The molecule has 4 heteroatoms. The van der Waals surface area contributed by atoms with Gasteiger partial charge < -0.3 is 10.5 Å². The van der Waals surface area contributed by atoms with Crippen molar-refractivity contribution in [2.24, 2.45) is 5.73 Å². The van der Waals surface area contributed by atoms with Crippen molar-refractivity contribution in [2.45, 2.75) is 31.8 Å². The van der Waals surface area contributed by atoms with E-state index in [1.54, 1.807) is 4.57 Å². The van der Waals surface area contributed by atoms with Crippen LogP contribution in [0.2, 0.25) is 0 Å². The van der Waals surface area contributed by atoms with Crippen LogP contribution in [0.25, 0.3) is 10.9 Å². The molecule has 1 aromatic carbocycles. The van der Waals surface area contributed by atoms with E-state index >= 15 is 0 Å². The normalized spacial score (nSPS) is 18.8. The zero-order valence-corrected chi connectivity index (χ0v) is 11.5. The molecule has 0 amide bonds. The van der Waals surface area contributed by atoms with Gasteiger partial charge in [-0.15, -0.1) is 0 Å². The highest BCUT2D eigenvalue weighted by atomic mass is 16.5. The van der Waals surface area contributed by atoms with E-state index in [9.17, 15) is 4.79 Å². The molecule has 1 aromatic heterocycles. The highest BCUT2D eigenvalue weighted by molar-refractivity contribution is 5.96. The lowest BCUT2D eigenvalue weighted by atomic mass is 10.1. The van der Waals surface area contributed by atoms with E-state index in [2.05, 4.69) is 6.07 Å². The third kappa shape index (κ3) is 2.37. The van der Waals surface area contributed by atoms with Gasteiger partial charge in [0.05, 0.1) is 5.52 Å². The molecule has 4 nitrogen and oxygen atoms in total. The SMILES string of the molecule is NCCCc1cn(C(=O)C2CCCO2)c2ccccc12. The van der Waals surface area contributed by atoms with Crippen LogP contribution in [0, 0.1) is 0 Å². The largest absolute Gasteiger partial charge is 0.368 e. The average molecular weight is 272 g/mol. The van der Waals surface area contributed by atoms with E-state index in [1.165, 1.54) is 5.56 Å². The number of carbonyl (C=O) groups excluding carboxylic acids is 1. The first-order chi connectivity index (χ1) is 9.81. The molecule has 0 aliphatic carbocycles. The Kier molecular flexibility index (Phi) is 3.85. The predicted molar refractivity (Wildman–Crippen MR) is 78.9 cm³/mol. The minimum absolute atomic E-state index is 0.0534. The number of carbonyl (C=O) groups is 1. The Hall–Kier alpha value is -1.65. The Labute approximate surface area is 118 Å². The summed E-state index contributed by atoms with van der Waals surface area (Å²) in [6.45, 7) is 1.36. The second-order valence-corrected chi connectivity index (χ2v) is 5.27. The molecule has 1 saturated heterocycles. The fourth-order valence-electron chi connectivity index (χ4n) is 2.85. The molecule has 2 N–H and O–H groups in total. The van der Waals surface area contributed by atoms with E-state index in [-0.39, 0.29) is 12.0 Å². The molecular formula is C16H20N2O2. The minimum Gasteiger partial charge on any atom is -0.368 e.